The van der Waals surface area contributed by atoms with Gasteiger partial charge in [0.05, 0.1) is 11.5 Å². The van der Waals surface area contributed by atoms with E-state index in [1.54, 1.807) is 7.11 Å². The predicted octanol–water partition coefficient (Wildman–Crippen LogP) is 1.04. The quantitative estimate of drug-likeness (QED) is 0.686. The first-order valence-corrected chi connectivity index (χ1v) is 7.62. The number of primary sulfonamides is 1. The molecule has 0 saturated heterocycles. The molecule has 0 aliphatic heterocycles. The second-order valence-corrected chi connectivity index (χ2v) is 5.63. The van der Waals surface area contributed by atoms with E-state index >= 15 is 0 Å². The van der Waals surface area contributed by atoms with Crippen LogP contribution in [0.1, 0.15) is 6.42 Å². The molecule has 2 N–H and O–H groups in total. The van der Waals surface area contributed by atoms with E-state index in [0.29, 0.717) is 31.8 Å². The number of rotatable bonds is 9. The van der Waals surface area contributed by atoms with Gasteiger partial charge in [-0.05, 0) is 18.6 Å². The van der Waals surface area contributed by atoms with E-state index in [0.717, 1.165) is 0 Å². The third-order valence-corrected chi connectivity index (χ3v) is 3.30. The minimum atomic E-state index is -4.17. The molecule has 6 nitrogen and oxygen atoms in total. The SMILES string of the molecule is COCCCOCCOc1c(F)cc(S(N)(=O)=O)cc1F. The highest BCUT2D eigenvalue weighted by atomic mass is 32.2. The van der Waals surface area contributed by atoms with E-state index in [2.05, 4.69) is 0 Å². The summed E-state index contributed by atoms with van der Waals surface area (Å²) in [6, 6.07) is 1.21. The number of halogens is 2. The van der Waals surface area contributed by atoms with Gasteiger partial charge in [-0.1, -0.05) is 0 Å². The molecule has 0 fully saturated rings. The summed E-state index contributed by atoms with van der Waals surface area (Å²) < 4.78 is 64.0. The van der Waals surface area contributed by atoms with Gasteiger partial charge in [-0.3, -0.25) is 0 Å². The van der Waals surface area contributed by atoms with Crippen molar-refractivity contribution < 1.29 is 31.4 Å². The van der Waals surface area contributed by atoms with Crippen molar-refractivity contribution in [2.75, 3.05) is 33.5 Å². The van der Waals surface area contributed by atoms with Gasteiger partial charge in [-0.2, -0.15) is 0 Å². The second-order valence-electron chi connectivity index (χ2n) is 4.07. The highest BCUT2D eigenvalue weighted by molar-refractivity contribution is 7.89. The summed E-state index contributed by atoms with van der Waals surface area (Å²) in [5.74, 6) is -2.94. The van der Waals surface area contributed by atoms with E-state index in [-0.39, 0.29) is 13.2 Å². The molecule has 0 unspecified atom stereocenters. The Balaban J connectivity index is 2.53. The van der Waals surface area contributed by atoms with Crippen LogP contribution in [0.3, 0.4) is 0 Å². The molecule has 0 aliphatic rings. The van der Waals surface area contributed by atoms with Gasteiger partial charge in [0.25, 0.3) is 0 Å². The number of sulfonamides is 1. The van der Waals surface area contributed by atoms with Gasteiger partial charge < -0.3 is 14.2 Å². The fourth-order valence-electron chi connectivity index (χ4n) is 1.45. The molecule has 0 saturated carbocycles. The summed E-state index contributed by atoms with van der Waals surface area (Å²) in [5, 5.41) is 4.79. The molecule has 1 aromatic carbocycles. The number of hydrogen-bond donors (Lipinski definition) is 1. The maximum absolute atomic E-state index is 13.6. The highest BCUT2D eigenvalue weighted by Gasteiger charge is 2.17. The molecule has 0 heterocycles. The largest absolute Gasteiger partial charge is 0.485 e. The lowest BCUT2D eigenvalue weighted by molar-refractivity contribution is 0.0786. The Kier molecular flexibility index (Phi) is 6.96. The van der Waals surface area contributed by atoms with E-state index in [9.17, 15) is 17.2 Å². The van der Waals surface area contributed by atoms with Crippen molar-refractivity contribution in [1.82, 2.24) is 0 Å². The normalized spacial score (nSPS) is 11.6. The fraction of sp³-hybridized carbons (Fsp3) is 0.500. The van der Waals surface area contributed by atoms with Gasteiger partial charge in [0.1, 0.15) is 6.61 Å². The van der Waals surface area contributed by atoms with Crippen LogP contribution in [0.25, 0.3) is 0 Å². The van der Waals surface area contributed by atoms with Crippen LogP contribution in [-0.2, 0) is 19.5 Å². The van der Waals surface area contributed by atoms with Crippen molar-refractivity contribution in [3.8, 4) is 5.75 Å². The van der Waals surface area contributed by atoms with Gasteiger partial charge >= 0.3 is 0 Å². The number of benzene rings is 1. The average Bonchev–Trinajstić information content (AvgIpc) is 2.39. The van der Waals surface area contributed by atoms with Gasteiger partial charge in [0.2, 0.25) is 10.0 Å². The third kappa shape index (κ3) is 5.92. The van der Waals surface area contributed by atoms with Crippen LogP contribution in [-0.4, -0.2) is 42.0 Å². The molecular weight excluding hydrogens is 308 g/mol. The van der Waals surface area contributed by atoms with Crippen LogP contribution >= 0.6 is 0 Å². The average molecular weight is 325 g/mol. The van der Waals surface area contributed by atoms with Gasteiger partial charge in [0, 0.05) is 20.3 Å². The Hall–Kier alpha value is -1.29. The van der Waals surface area contributed by atoms with Crippen LogP contribution in [0.5, 0.6) is 5.75 Å². The van der Waals surface area contributed by atoms with Crippen LogP contribution in [0.2, 0.25) is 0 Å². The molecule has 120 valence electrons. The van der Waals surface area contributed by atoms with Crippen molar-refractivity contribution >= 4 is 10.0 Å². The van der Waals surface area contributed by atoms with Crippen LogP contribution in [0, 0.1) is 11.6 Å². The molecule has 21 heavy (non-hydrogen) atoms. The van der Waals surface area contributed by atoms with Gasteiger partial charge in [-0.15, -0.1) is 0 Å². The van der Waals surface area contributed by atoms with E-state index in [1.165, 1.54) is 0 Å². The zero-order valence-electron chi connectivity index (χ0n) is 11.5. The maximum atomic E-state index is 13.6. The van der Waals surface area contributed by atoms with Crippen molar-refractivity contribution in [3.63, 3.8) is 0 Å². The summed E-state index contributed by atoms with van der Waals surface area (Å²) in [6.07, 6.45) is 0.697. The molecule has 0 aromatic heterocycles. The lowest BCUT2D eigenvalue weighted by Gasteiger charge is -2.10. The lowest BCUT2D eigenvalue weighted by Crippen LogP contribution is -2.14. The summed E-state index contributed by atoms with van der Waals surface area (Å²) in [6.45, 7) is 1.06. The lowest BCUT2D eigenvalue weighted by atomic mass is 10.3. The summed E-state index contributed by atoms with van der Waals surface area (Å²) in [5.41, 5.74) is 0. The van der Waals surface area contributed by atoms with E-state index in [4.69, 9.17) is 19.3 Å². The number of nitrogens with two attached hydrogens (primary N) is 1. The molecule has 0 radical (unpaired) electrons. The summed E-state index contributed by atoms with van der Waals surface area (Å²) in [4.78, 5) is -0.652. The van der Waals surface area contributed by atoms with Crippen LogP contribution < -0.4 is 9.88 Å². The third-order valence-electron chi connectivity index (χ3n) is 2.41. The number of hydrogen-bond acceptors (Lipinski definition) is 5. The standard InChI is InChI=1S/C12H17F2NO5S/c1-18-3-2-4-19-5-6-20-12-10(13)7-9(8-11(12)14)21(15,16)17/h7-8H,2-6H2,1H3,(H2,15,16,17). The molecule has 0 aliphatic carbocycles. The molecule has 0 bridgehead atoms. The topological polar surface area (TPSA) is 87.8 Å². The molecule has 9 heteroatoms. The van der Waals surface area contributed by atoms with Crippen LogP contribution in [0.15, 0.2) is 17.0 Å². The Labute approximate surface area is 121 Å². The Morgan fingerprint density at radius 3 is 2.24 bits per heavy atom. The molecule has 1 aromatic rings. The fourth-order valence-corrected chi connectivity index (χ4v) is 1.98. The van der Waals surface area contributed by atoms with Crippen LogP contribution in [0.4, 0.5) is 8.78 Å². The first-order chi connectivity index (χ1) is 9.86. The Bertz CT molecular complexity index is 542. The van der Waals surface area contributed by atoms with Crippen molar-refractivity contribution in [3.05, 3.63) is 23.8 Å². The zero-order valence-corrected chi connectivity index (χ0v) is 12.3. The Morgan fingerprint density at radius 1 is 1.10 bits per heavy atom. The second kappa shape index (κ2) is 8.23. The highest BCUT2D eigenvalue weighted by Crippen LogP contribution is 2.24. The van der Waals surface area contributed by atoms with Crippen molar-refractivity contribution in [1.29, 1.82) is 0 Å². The molecular formula is C12H17F2NO5S. The minimum absolute atomic E-state index is 0.0739. The smallest absolute Gasteiger partial charge is 0.238 e. The molecule has 0 atom stereocenters. The molecule has 0 amide bonds. The molecule has 1 rings (SSSR count). The van der Waals surface area contributed by atoms with Crippen molar-refractivity contribution in [2.24, 2.45) is 5.14 Å². The van der Waals surface area contributed by atoms with E-state index in [1.807, 2.05) is 0 Å². The number of ether oxygens (including phenoxy) is 3. The number of methoxy groups -OCH3 is 1. The first kappa shape index (κ1) is 17.8. The Morgan fingerprint density at radius 2 is 1.71 bits per heavy atom. The van der Waals surface area contributed by atoms with Gasteiger partial charge in [0.15, 0.2) is 17.4 Å². The maximum Gasteiger partial charge on any atom is 0.238 e. The zero-order chi connectivity index (χ0) is 15.9. The first-order valence-electron chi connectivity index (χ1n) is 6.07. The summed E-state index contributed by atoms with van der Waals surface area (Å²) in [7, 11) is -2.61. The monoisotopic (exact) mass is 325 g/mol. The van der Waals surface area contributed by atoms with Gasteiger partial charge in [-0.25, -0.2) is 22.3 Å². The molecule has 0 spiro atoms. The van der Waals surface area contributed by atoms with Crippen molar-refractivity contribution in [2.45, 2.75) is 11.3 Å². The predicted molar refractivity (Wildman–Crippen MR) is 70.5 cm³/mol. The van der Waals surface area contributed by atoms with E-state index < -0.39 is 32.3 Å². The minimum Gasteiger partial charge on any atom is -0.485 e. The summed E-state index contributed by atoms with van der Waals surface area (Å²) >= 11 is 0.